The monoisotopic (exact) mass is 249 g/mol. The van der Waals surface area contributed by atoms with Crippen molar-refractivity contribution in [1.82, 2.24) is 4.90 Å². The lowest BCUT2D eigenvalue weighted by Gasteiger charge is -2.32. The van der Waals surface area contributed by atoms with Crippen LogP contribution in [0.15, 0.2) is 24.3 Å². The first-order chi connectivity index (χ1) is 8.72. The zero-order chi connectivity index (χ0) is 13.0. The first kappa shape index (κ1) is 13.1. The third-order valence-electron chi connectivity index (χ3n) is 3.70. The van der Waals surface area contributed by atoms with Crippen LogP contribution >= 0.6 is 0 Å². The highest BCUT2D eigenvalue weighted by Crippen LogP contribution is 2.23. The predicted molar refractivity (Wildman–Crippen MR) is 69.9 cm³/mol. The molecule has 1 aromatic carbocycles. The van der Waals surface area contributed by atoms with Crippen LogP contribution in [0.2, 0.25) is 0 Å². The van der Waals surface area contributed by atoms with Crippen LogP contribution in [0.3, 0.4) is 0 Å². The van der Waals surface area contributed by atoms with Crippen LogP contribution in [0, 0.1) is 11.7 Å². The molecule has 0 radical (unpaired) electrons. The topological polar surface area (TPSA) is 20.3 Å². The molecule has 98 valence electrons. The minimum Gasteiger partial charge on any atom is -0.339 e. The molecule has 0 spiro atoms. The molecule has 1 aliphatic heterocycles. The molecule has 1 heterocycles. The minimum absolute atomic E-state index is 0.164. The normalized spacial score (nSPS) is 16.9. The molecular weight excluding hydrogens is 229 g/mol. The van der Waals surface area contributed by atoms with Crippen LogP contribution < -0.4 is 0 Å². The number of carbonyl (C=O) groups is 1. The smallest absolute Gasteiger partial charge is 0.256 e. The Morgan fingerprint density at radius 2 is 2.00 bits per heavy atom. The fourth-order valence-electron chi connectivity index (χ4n) is 2.64. The maximum absolute atomic E-state index is 13.5. The van der Waals surface area contributed by atoms with Gasteiger partial charge in [0, 0.05) is 13.1 Å². The Morgan fingerprint density at radius 1 is 1.33 bits per heavy atom. The first-order valence-electron chi connectivity index (χ1n) is 6.76. The van der Waals surface area contributed by atoms with E-state index in [2.05, 4.69) is 6.92 Å². The fourth-order valence-corrected chi connectivity index (χ4v) is 2.64. The Hall–Kier alpha value is -1.38. The average molecular weight is 249 g/mol. The molecule has 0 unspecified atom stereocenters. The van der Waals surface area contributed by atoms with Crippen LogP contribution in [0.5, 0.6) is 0 Å². The molecule has 1 saturated heterocycles. The van der Waals surface area contributed by atoms with E-state index in [1.165, 1.54) is 18.9 Å². The van der Waals surface area contributed by atoms with Crippen molar-refractivity contribution in [3.05, 3.63) is 35.6 Å². The molecule has 1 amide bonds. The molecule has 1 fully saturated rings. The number of carbonyl (C=O) groups excluding carboxylic acids is 1. The van der Waals surface area contributed by atoms with Gasteiger partial charge < -0.3 is 4.90 Å². The zero-order valence-electron chi connectivity index (χ0n) is 10.9. The van der Waals surface area contributed by atoms with Crippen LogP contribution in [0.4, 0.5) is 4.39 Å². The summed E-state index contributed by atoms with van der Waals surface area (Å²) in [5.74, 6) is 0.154. The van der Waals surface area contributed by atoms with E-state index >= 15 is 0 Å². The molecule has 3 heteroatoms. The zero-order valence-corrected chi connectivity index (χ0v) is 10.9. The van der Waals surface area contributed by atoms with Crippen molar-refractivity contribution in [2.45, 2.75) is 32.6 Å². The summed E-state index contributed by atoms with van der Waals surface area (Å²) in [5, 5.41) is 0. The largest absolute Gasteiger partial charge is 0.339 e. The van der Waals surface area contributed by atoms with Gasteiger partial charge in [0.05, 0.1) is 5.56 Å². The van der Waals surface area contributed by atoms with Crippen molar-refractivity contribution in [1.29, 1.82) is 0 Å². The standard InChI is InChI=1S/C15H20FNO/c1-2-5-12-8-10-17(11-9-12)15(18)13-6-3-4-7-14(13)16/h3-4,6-7,12H,2,5,8-11H2,1H3. The van der Waals surface area contributed by atoms with Crippen LogP contribution in [-0.2, 0) is 0 Å². The Balaban J connectivity index is 1.98. The van der Waals surface area contributed by atoms with Gasteiger partial charge in [-0.2, -0.15) is 0 Å². The van der Waals surface area contributed by atoms with Gasteiger partial charge in [0.15, 0.2) is 0 Å². The number of halogens is 1. The summed E-state index contributed by atoms with van der Waals surface area (Å²) in [4.78, 5) is 14.0. The highest BCUT2D eigenvalue weighted by Gasteiger charge is 2.24. The molecule has 0 aromatic heterocycles. The third-order valence-corrected chi connectivity index (χ3v) is 3.70. The van der Waals surface area contributed by atoms with Crippen molar-refractivity contribution in [3.63, 3.8) is 0 Å². The highest BCUT2D eigenvalue weighted by molar-refractivity contribution is 5.94. The lowest BCUT2D eigenvalue weighted by molar-refractivity contribution is 0.0682. The molecule has 0 saturated carbocycles. The summed E-state index contributed by atoms with van der Waals surface area (Å²) in [6, 6.07) is 6.23. The van der Waals surface area contributed by atoms with Gasteiger partial charge in [0.2, 0.25) is 0 Å². The van der Waals surface area contributed by atoms with Crippen LogP contribution in [0.1, 0.15) is 43.0 Å². The van der Waals surface area contributed by atoms with Gasteiger partial charge in [0.1, 0.15) is 5.82 Å². The number of hydrogen-bond acceptors (Lipinski definition) is 1. The van der Waals surface area contributed by atoms with E-state index in [1.807, 2.05) is 0 Å². The van der Waals surface area contributed by atoms with Crippen LogP contribution in [0.25, 0.3) is 0 Å². The third kappa shape index (κ3) is 2.89. The number of nitrogens with zero attached hydrogens (tertiary/aromatic N) is 1. The van der Waals surface area contributed by atoms with Gasteiger partial charge in [-0.25, -0.2) is 4.39 Å². The van der Waals surface area contributed by atoms with Gasteiger partial charge in [-0.05, 0) is 30.9 Å². The highest BCUT2D eigenvalue weighted by atomic mass is 19.1. The maximum atomic E-state index is 13.5. The number of amides is 1. The molecule has 18 heavy (non-hydrogen) atoms. The van der Waals surface area contributed by atoms with E-state index in [9.17, 15) is 9.18 Å². The van der Waals surface area contributed by atoms with E-state index in [4.69, 9.17) is 0 Å². The van der Waals surface area contributed by atoms with Crippen molar-refractivity contribution >= 4 is 5.91 Å². The van der Waals surface area contributed by atoms with E-state index in [-0.39, 0.29) is 11.5 Å². The Morgan fingerprint density at radius 3 is 2.61 bits per heavy atom. The predicted octanol–water partition coefficient (Wildman–Crippen LogP) is 3.48. The molecule has 1 aromatic rings. The molecular formula is C15H20FNO. The summed E-state index contributed by atoms with van der Waals surface area (Å²) in [5.41, 5.74) is 0.200. The second kappa shape index (κ2) is 5.98. The van der Waals surface area contributed by atoms with E-state index < -0.39 is 5.82 Å². The maximum Gasteiger partial charge on any atom is 0.256 e. The first-order valence-corrected chi connectivity index (χ1v) is 6.76. The van der Waals surface area contributed by atoms with Crippen LogP contribution in [-0.4, -0.2) is 23.9 Å². The molecule has 0 atom stereocenters. The number of rotatable bonds is 3. The van der Waals surface area contributed by atoms with Crippen molar-refractivity contribution < 1.29 is 9.18 Å². The fraction of sp³-hybridized carbons (Fsp3) is 0.533. The average Bonchev–Trinajstić information content (AvgIpc) is 2.40. The minimum atomic E-state index is -0.418. The van der Waals surface area contributed by atoms with E-state index in [1.54, 1.807) is 23.1 Å². The molecule has 0 N–H and O–H groups in total. The van der Waals surface area contributed by atoms with E-state index in [0.29, 0.717) is 0 Å². The van der Waals surface area contributed by atoms with Gasteiger partial charge in [-0.15, -0.1) is 0 Å². The van der Waals surface area contributed by atoms with Gasteiger partial charge in [-0.1, -0.05) is 31.9 Å². The Labute approximate surface area is 108 Å². The number of likely N-dealkylation sites (tertiary alicyclic amines) is 1. The van der Waals surface area contributed by atoms with Crippen molar-refractivity contribution in [3.8, 4) is 0 Å². The summed E-state index contributed by atoms with van der Waals surface area (Å²) >= 11 is 0. The van der Waals surface area contributed by atoms with E-state index in [0.717, 1.165) is 31.8 Å². The number of hydrogen-bond donors (Lipinski definition) is 0. The second-order valence-corrected chi connectivity index (χ2v) is 5.00. The summed E-state index contributed by atoms with van der Waals surface area (Å²) < 4.78 is 13.5. The molecule has 2 rings (SSSR count). The Kier molecular flexibility index (Phi) is 4.34. The second-order valence-electron chi connectivity index (χ2n) is 5.00. The van der Waals surface area contributed by atoms with Crippen molar-refractivity contribution in [2.75, 3.05) is 13.1 Å². The molecule has 0 bridgehead atoms. The molecule has 0 aliphatic carbocycles. The lowest BCUT2D eigenvalue weighted by Crippen LogP contribution is -2.38. The summed E-state index contributed by atoms with van der Waals surface area (Å²) in [6.45, 7) is 3.71. The van der Waals surface area contributed by atoms with Gasteiger partial charge in [-0.3, -0.25) is 4.79 Å². The Bertz CT molecular complexity index is 411. The summed E-state index contributed by atoms with van der Waals surface area (Å²) in [6.07, 6.45) is 4.54. The molecule has 2 nitrogen and oxygen atoms in total. The quantitative estimate of drug-likeness (QED) is 0.803. The SMILES string of the molecule is CCCC1CCN(C(=O)c2ccccc2F)CC1. The summed E-state index contributed by atoms with van der Waals surface area (Å²) in [7, 11) is 0. The van der Waals surface area contributed by atoms with Crippen molar-refractivity contribution in [2.24, 2.45) is 5.92 Å². The number of benzene rings is 1. The lowest BCUT2D eigenvalue weighted by atomic mass is 9.92. The molecule has 1 aliphatic rings. The number of piperidine rings is 1. The van der Waals surface area contributed by atoms with Gasteiger partial charge >= 0.3 is 0 Å². The van der Waals surface area contributed by atoms with Gasteiger partial charge in [0.25, 0.3) is 5.91 Å².